The van der Waals surface area contributed by atoms with Gasteiger partial charge in [0, 0.05) is 17.0 Å². The van der Waals surface area contributed by atoms with E-state index in [2.05, 4.69) is 11.6 Å². The summed E-state index contributed by atoms with van der Waals surface area (Å²) in [5.74, 6) is 0.233. The predicted molar refractivity (Wildman–Crippen MR) is 62.2 cm³/mol. The number of aromatic nitrogens is 1. The molecule has 2 aromatic rings. The van der Waals surface area contributed by atoms with Gasteiger partial charge in [-0.25, -0.2) is 9.37 Å². The van der Waals surface area contributed by atoms with Gasteiger partial charge in [-0.1, -0.05) is 6.08 Å². The Hall–Kier alpha value is -1.90. The fourth-order valence-corrected chi connectivity index (χ4v) is 1.66. The first kappa shape index (κ1) is 10.6. The molecule has 0 N–H and O–H groups in total. The highest BCUT2D eigenvalue weighted by Gasteiger charge is 2.08. The number of allylic oxidation sites excluding steroid dienone is 1. The number of halogens is 1. The molecule has 1 heterocycles. The summed E-state index contributed by atoms with van der Waals surface area (Å²) in [6.07, 6.45) is 2.13. The Bertz CT molecular complexity index is 537. The molecule has 0 aliphatic rings. The summed E-state index contributed by atoms with van der Waals surface area (Å²) in [5.41, 5.74) is 1.20. The molecule has 0 radical (unpaired) electrons. The molecular weight excluding hydrogens is 205 g/mol. The molecule has 2 nitrogen and oxygen atoms in total. The zero-order chi connectivity index (χ0) is 11.5. The number of fused-ring (bicyclic) bond motifs is 1. The molecule has 0 spiro atoms. The molecule has 0 saturated heterocycles. The molecule has 2 rings (SSSR count). The van der Waals surface area contributed by atoms with Crippen LogP contribution in [0.15, 0.2) is 36.9 Å². The van der Waals surface area contributed by atoms with Crippen molar-refractivity contribution < 1.29 is 9.13 Å². The zero-order valence-electron chi connectivity index (χ0n) is 9.03. The number of ether oxygens (including phenoxy) is 1. The van der Waals surface area contributed by atoms with Crippen LogP contribution in [0.3, 0.4) is 0 Å². The van der Waals surface area contributed by atoms with E-state index in [0.29, 0.717) is 23.4 Å². The summed E-state index contributed by atoms with van der Waals surface area (Å²) in [6, 6.07) is 6.80. The van der Waals surface area contributed by atoms with Crippen LogP contribution < -0.4 is 4.74 Å². The first-order valence-electron chi connectivity index (χ1n) is 4.99. The van der Waals surface area contributed by atoms with Crippen molar-refractivity contribution in [1.82, 2.24) is 4.98 Å². The Balaban J connectivity index is 2.72. The third-order valence-corrected chi connectivity index (χ3v) is 2.44. The van der Waals surface area contributed by atoms with Crippen LogP contribution in [0.2, 0.25) is 0 Å². The Morgan fingerprint density at radius 2 is 2.12 bits per heavy atom. The quantitative estimate of drug-likeness (QED) is 0.737. The predicted octanol–water partition coefficient (Wildman–Crippen LogP) is 3.11. The van der Waals surface area contributed by atoms with Gasteiger partial charge in [-0.15, -0.1) is 6.58 Å². The minimum Gasteiger partial charge on any atom is -0.481 e. The van der Waals surface area contributed by atoms with Crippen LogP contribution in [0.1, 0.15) is 5.56 Å². The Morgan fingerprint density at radius 1 is 1.38 bits per heavy atom. The maximum atomic E-state index is 13.6. The van der Waals surface area contributed by atoms with E-state index in [-0.39, 0.29) is 5.82 Å². The highest BCUT2D eigenvalue weighted by molar-refractivity contribution is 5.82. The van der Waals surface area contributed by atoms with Crippen molar-refractivity contribution in [2.75, 3.05) is 7.11 Å². The molecule has 0 bridgehead atoms. The van der Waals surface area contributed by atoms with E-state index in [9.17, 15) is 4.39 Å². The van der Waals surface area contributed by atoms with E-state index in [1.165, 1.54) is 6.07 Å². The number of methoxy groups -OCH3 is 1. The maximum Gasteiger partial charge on any atom is 0.213 e. The number of pyridine rings is 1. The number of nitrogens with zero attached hydrogens (tertiary/aromatic N) is 1. The highest BCUT2D eigenvalue weighted by Crippen LogP contribution is 2.23. The summed E-state index contributed by atoms with van der Waals surface area (Å²) in [6.45, 7) is 3.62. The van der Waals surface area contributed by atoms with Gasteiger partial charge in [0.05, 0.1) is 12.6 Å². The van der Waals surface area contributed by atoms with Crippen molar-refractivity contribution in [2.24, 2.45) is 0 Å². The maximum absolute atomic E-state index is 13.6. The highest BCUT2D eigenvalue weighted by atomic mass is 19.1. The van der Waals surface area contributed by atoms with Gasteiger partial charge in [0.25, 0.3) is 0 Å². The molecule has 0 atom stereocenters. The van der Waals surface area contributed by atoms with Crippen LogP contribution in [0.25, 0.3) is 10.9 Å². The number of hydrogen-bond acceptors (Lipinski definition) is 2. The largest absolute Gasteiger partial charge is 0.481 e. The summed E-state index contributed by atoms with van der Waals surface area (Å²) in [4.78, 5) is 4.26. The second-order valence-electron chi connectivity index (χ2n) is 3.44. The average molecular weight is 217 g/mol. The smallest absolute Gasteiger partial charge is 0.213 e. The molecule has 1 aromatic carbocycles. The van der Waals surface area contributed by atoms with Crippen molar-refractivity contribution in [3.05, 3.63) is 48.3 Å². The van der Waals surface area contributed by atoms with Crippen LogP contribution in [-0.2, 0) is 6.42 Å². The lowest BCUT2D eigenvalue weighted by molar-refractivity contribution is 0.399. The molecule has 1 aromatic heterocycles. The SMILES string of the molecule is C=CCc1c(F)ccc2ccc(OC)nc12. The van der Waals surface area contributed by atoms with Crippen LogP contribution in [0.5, 0.6) is 5.88 Å². The van der Waals surface area contributed by atoms with Crippen molar-refractivity contribution in [1.29, 1.82) is 0 Å². The minimum absolute atomic E-state index is 0.256. The van der Waals surface area contributed by atoms with Gasteiger partial charge in [0.2, 0.25) is 5.88 Å². The second kappa shape index (κ2) is 4.31. The molecule has 0 amide bonds. The molecule has 0 aliphatic heterocycles. The number of benzene rings is 1. The summed E-state index contributed by atoms with van der Waals surface area (Å²) >= 11 is 0. The molecule has 16 heavy (non-hydrogen) atoms. The first-order chi connectivity index (χ1) is 7.76. The van der Waals surface area contributed by atoms with Crippen LogP contribution in [0, 0.1) is 5.82 Å². The topological polar surface area (TPSA) is 22.1 Å². The lowest BCUT2D eigenvalue weighted by Crippen LogP contribution is -1.95. The van der Waals surface area contributed by atoms with Gasteiger partial charge < -0.3 is 4.74 Å². The van der Waals surface area contributed by atoms with Crippen molar-refractivity contribution in [2.45, 2.75) is 6.42 Å². The van der Waals surface area contributed by atoms with Gasteiger partial charge in [0.1, 0.15) is 5.82 Å². The van der Waals surface area contributed by atoms with E-state index >= 15 is 0 Å². The van der Waals surface area contributed by atoms with Crippen LogP contribution in [0.4, 0.5) is 4.39 Å². The van der Waals surface area contributed by atoms with Gasteiger partial charge in [0.15, 0.2) is 0 Å². The minimum atomic E-state index is -0.256. The van der Waals surface area contributed by atoms with Gasteiger partial charge in [-0.05, 0) is 24.6 Å². The second-order valence-corrected chi connectivity index (χ2v) is 3.44. The monoisotopic (exact) mass is 217 g/mol. The first-order valence-corrected chi connectivity index (χ1v) is 4.99. The Morgan fingerprint density at radius 3 is 2.81 bits per heavy atom. The fraction of sp³-hybridized carbons (Fsp3) is 0.154. The van der Waals surface area contributed by atoms with Crippen molar-refractivity contribution in [3.63, 3.8) is 0 Å². The molecule has 0 aliphatic carbocycles. The van der Waals surface area contributed by atoms with Crippen molar-refractivity contribution >= 4 is 10.9 Å². The van der Waals surface area contributed by atoms with E-state index in [1.54, 1.807) is 25.3 Å². The Labute approximate surface area is 93.4 Å². The normalized spacial score (nSPS) is 10.4. The zero-order valence-corrected chi connectivity index (χ0v) is 9.03. The summed E-state index contributed by atoms with van der Waals surface area (Å²) in [7, 11) is 1.54. The average Bonchev–Trinajstić information content (AvgIpc) is 2.32. The lowest BCUT2D eigenvalue weighted by Gasteiger charge is -2.06. The Kier molecular flexibility index (Phi) is 2.86. The van der Waals surface area contributed by atoms with Gasteiger partial charge in [-0.2, -0.15) is 0 Å². The lowest BCUT2D eigenvalue weighted by atomic mass is 10.1. The van der Waals surface area contributed by atoms with E-state index < -0.39 is 0 Å². The van der Waals surface area contributed by atoms with Crippen LogP contribution >= 0.6 is 0 Å². The third kappa shape index (κ3) is 1.76. The summed E-state index contributed by atoms with van der Waals surface area (Å²) in [5, 5.41) is 0.902. The third-order valence-electron chi connectivity index (χ3n) is 2.44. The fourth-order valence-electron chi connectivity index (χ4n) is 1.66. The molecule has 0 fully saturated rings. The molecular formula is C13H12FNO. The molecule has 0 unspecified atom stereocenters. The molecule has 3 heteroatoms. The standard InChI is InChI=1S/C13H12FNO/c1-3-4-10-11(14)7-5-9-6-8-12(16-2)15-13(9)10/h3,5-8H,1,4H2,2H3. The van der Waals surface area contributed by atoms with E-state index in [1.807, 2.05) is 6.07 Å². The summed E-state index contributed by atoms with van der Waals surface area (Å²) < 4.78 is 18.6. The van der Waals surface area contributed by atoms with Gasteiger partial charge >= 0.3 is 0 Å². The number of rotatable bonds is 3. The van der Waals surface area contributed by atoms with Crippen molar-refractivity contribution in [3.8, 4) is 5.88 Å². The van der Waals surface area contributed by atoms with E-state index in [4.69, 9.17) is 4.74 Å². The van der Waals surface area contributed by atoms with Crippen LogP contribution in [-0.4, -0.2) is 12.1 Å². The van der Waals surface area contributed by atoms with Gasteiger partial charge in [-0.3, -0.25) is 0 Å². The molecule has 82 valence electrons. The molecule has 0 saturated carbocycles. The number of hydrogen-bond donors (Lipinski definition) is 0. The van der Waals surface area contributed by atoms with E-state index in [0.717, 1.165) is 5.39 Å².